The third-order valence-corrected chi connectivity index (χ3v) is 4.13. The van der Waals surface area contributed by atoms with Crippen LogP contribution in [0.1, 0.15) is 11.3 Å². The highest BCUT2D eigenvalue weighted by Crippen LogP contribution is 2.15. The summed E-state index contributed by atoms with van der Waals surface area (Å²) in [6.45, 7) is 1.83. The molecule has 0 saturated heterocycles. The highest BCUT2D eigenvalue weighted by molar-refractivity contribution is 7.92. The summed E-state index contributed by atoms with van der Waals surface area (Å²) in [6.07, 6.45) is 0.507. The Bertz CT molecular complexity index is 682. The van der Waals surface area contributed by atoms with Crippen molar-refractivity contribution in [1.82, 2.24) is 4.98 Å². The number of hydrogen-bond donors (Lipinski definition) is 2. The smallest absolute Gasteiger partial charge is 0.263 e. The molecule has 0 radical (unpaired) electrons. The van der Waals surface area contributed by atoms with Crippen molar-refractivity contribution < 1.29 is 13.5 Å². The molecule has 0 aliphatic heterocycles. The molecule has 1 heterocycles. The lowest BCUT2D eigenvalue weighted by molar-refractivity contribution is 0.299. The molecule has 5 nitrogen and oxygen atoms in total. The van der Waals surface area contributed by atoms with E-state index in [0.717, 1.165) is 11.3 Å². The quantitative estimate of drug-likeness (QED) is 0.879. The number of aliphatic hydroxyl groups excluding tert-OH is 1. The van der Waals surface area contributed by atoms with Crippen molar-refractivity contribution >= 4 is 15.8 Å². The zero-order chi connectivity index (χ0) is 14.6. The van der Waals surface area contributed by atoms with Gasteiger partial charge in [-0.3, -0.25) is 4.72 Å². The van der Waals surface area contributed by atoms with E-state index < -0.39 is 10.0 Å². The van der Waals surface area contributed by atoms with Gasteiger partial charge in [-0.2, -0.15) is 0 Å². The second-order valence-electron chi connectivity index (χ2n) is 4.39. The second-order valence-corrected chi connectivity index (χ2v) is 6.07. The number of pyridine rings is 1. The van der Waals surface area contributed by atoms with Crippen molar-refractivity contribution in [1.29, 1.82) is 0 Å². The Morgan fingerprint density at radius 1 is 1.15 bits per heavy atom. The average molecular weight is 292 g/mol. The van der Waals surface area contributed by atoms with E-state index in [1.165, 1.54) is 12.1 Å². The van der Waals surface area contributed by atoms with E-state index in [0.29, 0.717) is 12.2 Å². The van der Waals surface area contributed by atoms with Gasteiger partial charge in [-0.1, -0.05) is 18.2 Å². The molecule has 106 valence electrons. The maximum atomic E-state index is 12.2. The Balaban J connectivity index is 2.21. The van der Waals surface area contributed by atoms with E-state index in [-0.39, 0.29) is 11.5 Å². The maximum Gasteiger partial charge on any atom is 0.263 e. The van der Waals surface area contributed by atoms with Gasteiger partial charge in [-0.15, -0.1) is 0 Å². The van der Waals surface area contributed by atoms with Crippen LogP contribution < -0.4 is 4.72 Å². The lowest BCUT2D eigenvalue weighted by Crippen LogP contribution is -2.14. The molecule has 20 heavy (non-hydrogen) atoms. The minimum Gasteiger partial charge on any atom is -0.396 e. The van der Waals surface area contributed by atoms with Crippen LogP contribution in [0.4, 0.5) is 5.82 Å². The first kappa shape index (κ1) is 14.5. The topological polar surface area (TPSA) is 79.3 Å². The predicted molar refractivity (Wildman–Crippen MR) is 77.0 cm³/mol. The normalized spacial score (nSPS) is 11.3. The molecular formula is C14H16N2O3S. The number of nitrogens with one attached hydrogen (secondary N) is 1. The number of aliphatic hydroxyl groups is 1. The number of anilines is 1. The predicted octanol–water partition coefficient (Wildman–Crippen LogP) is 1.73. The molecule has 0 atom stereocenters. The van der Waals surface area contributed by atoms with Crippen molar-refractivity contribution in [3.63, 3.8) is 0 Å². The van der Waals surface area contributed by atoms with E-state index in [4.69, 9.17) is 5.11 Å². The third-order valence-electron chi connectivity index (χ3n) is 2.76. The minimum absolute atomic E-state index is 0.0392. The summed E-state index contributed by atoms with van der Waals surface area (Å²) in [5.74, 6) is 0.296. The fraction of sp³-hybridized carbons (Fsp3) is 0.214. The maximum absolute atomic E-state index is 12.2. The van der Waals surface area contributed by atoms with Gasteiger partial charge in [-0.05, 0) is 43.2 Å². The van der Waals surface area contributed by atoms with Gasteiger partial charge >= 0.3 is 0 Å². The number of rotatable bonds is 5. The Kier molecular flexibility index (Phi) is 4.36. The lowest BCUT2D eigenvalue weighted by Gasteiger charge is -2.08. The van der Waals surface area contributed by atoms with Crippen LogP contribution in [0.3, 0.4) is 0 Å². The lowest BCUT2D eigenvalue weighted by atomic mass is 10.2. The van der Waals surface area contributed by atoms with Crippen molar-refractivity contribution in [3.05, 3.63) is 53.7 Å². The Labute approximate surface area is 118 Å². The van der Waals surface area contributed by atoms with Gasteiger partial charge in [0.15, 0.2) is 0 Å². The van der Waals surface area contributed by atoms with Crippen LogP contribution in [-0.2, 0) is 16.4 Å². The summed E-state index contributed by atoms with van der Waals surface area (Å²) in [6, 6.07) is 11.5. The van der Waals surface area contributed by atoms with Crippen molar-refractivity contribution in [2.45, 2.75) is 18.2 Å². The number of benzene rings is 1. The molecule has 0 fully saturated rings. The van der Waals surface area contributed by atoms with Crippen molar-refractivity contribution in [2.75, 3.05) is 11.3 Å². The molecule has 0 amide bonds. The standard InChI is InChI=1S/C14H16N2O3S/c1-11-3-2-4-14(15-11)16-20(18,19)13-7-5-12(6-8-13)9-10-17/h2-8,17H,9-10H2,1H3,(H,15,16). The van der Waals surface area contributed by atoms with E-state index in [1.54, 1.807) is 37.3 Å². The van der Waals surface area contributed by atoms with Crippen LogP contribution in [0.15, 0.2) is 47.4 Å². The molecule has 1 aromatic carbocycles. The number of aromatic nitrogens is 1. The van der Waals surface area contributed by atoms with E-state index in [9.17, 15) is 8.42 Å². The molecule has 2 N–H and O–H groups in total. The van der Waals surface area contributed by atoms with Crippen LogP contribution in [-0.4, -0.2) is 25.1 Å². The minimum atomic E-state index is -3.64. The van der Waals surface area contributed by atoms with Gasteiger partial charge < -0.3 is 5.11 Å². The highest BCUT2D eigenvalue weighted by Gasteiger charge is 2.14. The van der Waals surface area contributed by atoms with Crippen LogP contribution >= 0.6 is 0 Å². The molecule has 0 saturated carbocycles. The van der Waals surface area contributed by atoms with Gasteiger partial charge in [0.2, 0.25) is 0 Å². The van der Waals surface area contributed by atoms with E-state index >= 15 is 0 Å². The largest absolute Gasteiger partial charge is 0.396 e. The summed E-state index contributed by atoms with van der Waals surface area (Å²) in [4.78, 5) is 4.28. The fourth-order valence-corrected chi connectivity index (χ4v) is 2.76. The Morgan fingerprint density at radius 2 is 1.85 bits per heavy atom. The van der Waals surface area contributed by atoms with Crippen molar-refractivity contribution in [2.24, 2.45) is 0 Å². The molecule has 1 aromatic heterocycles. The molecule has 2 aromatic rings. The van der Waals surface area contributed by atoms with Crippen LogP contribution in [0, 0.1) is 6.92 Å². The number of nitrogens with zero attached hydrogens (tertiary/aromatic N) is 1. The molecule has 0 unspecified atom stereocenters. The summed E-state index contributed by atoms with van der Waals surface area (Å²) < 4.78 is 26.8. The summed E-state index contributed by atoms with van der Waals surface area (Å²) in [7, 11) is -3.64. The first-order valence-corrected chi connectivity index (χ1v) is 7.66. The van der Waals surface area contributed by atoms with Gasteiger partial charge in [-0.25, -0.2) is 13.4 Å². The number of sulfonamides is 1. The van der Waals surface area contributed by atoms with Gasteiger partial charge in [0.05, 0.1) is 4.90 Å². The molecule has 2 rings (SSSR count). The van der Waals surface area contributed by atoms with Gasteiger partial charge in [0.25, 0.3) is 10.0 Å². The van der Waals surface area contributed by atoms with Gasteiger partial charge in [0.1, 0.15) is 5.82 Å². The zero-order valence-corrected chi connectivity index (χ0v) is 11.9. The molecule has 6 heteroatoms. The van der Waals surface area contributed by atoms with Crippen LogP contribution in [0.25, 0.3) is 0 Å². The zero-order valence-electron chi connectivity index (χ0n) is 11.1. The number of hydrogen-bond acceptors (Lipinski definition) is 4. The molecule has 0 bridgehead atoms. The average Bonchev–Trinajstić information content (AvgIpc) is 2.39. The molecule has 0 aliphatic carbocycles. The van der Waals surface area contributed by atoms with Gasteiger partial charge in [0, 0.05) is 12.3 Å². The second kappa shape index (κ2) is 6.02. The van der Waals surface area contributed by atoms with Crippen molar-refractivity contribution in [3.8, 4) is 0 Å². The summed E-state index contributed by atoms with van der Waals surface area (Å²) >= 11 is 0. The summed E-state index contributed by atoms with van der Waals surface area (Å²) in [5.41, 5.74) is 1.63. The SMILES string of the molecule is Cc1cccc(NS(=O)(=O)c2ccc(CCO)cc2)n1. The Morgan fingerprint density at radius 3 is 2.45 bits per heavy atom. The monoisotopic (exact) mass is 292 g/mol. The van der Waals surface area contributed by atoms with E-state index in [2.05, 4.69) is 9.71 Å². The van der Waals surface area contributed by atoms with Crippen LogP contribution in [0.2, 0.25) is 0 Å². The first-order valence-electron chi connectivity index (χ1n) is 6.17. The molecule has 0 spiro atoms. The summed E-state index contributed by atoms with van der Waals surface area (Å²) in [5, 5.41) is 8.83. The molecule has 0 aliphatic rings. The highest BCUT2D eigenvalue weighted by atomic mass is 32.2. The fourth-order valence-electron chi connectivity index (χ4n) is 1.76. The first-order chi connectivity index (χ1) is 9.51. The molecular weight excluding hydrogens is 276 g/mol. The van der Waals surface area contributed by atoms with E-state index in [1.807, 2.05) is 0 Å². The van der Waals surface area contributed by atoms with Crippen LogP contribution in [0.5, 0.6) is 0 Å². The Hall–Kier alpha value is -1.92. The number of aryl methyl sites for hydroxylation is 1. The third kappa shape index (κ3) is 3.55.